The molecule has 1 amide bonds. The van der Waals surface area contributed by atoms with Crippen molar-refractivity contribution in [2.75, 3.05) is 31.1 Å². The van der Waals surface area contributed by atoms with E-state index in [0.29, 0.717) is 44.0 Å². The van der Waals surface area contributed by atoms with E-state index in [-0.39, 0.29) is 19.0 Å². The van der Waals surface area contributed by atoms with Crippen molar-refractivity contribution in [1.82, 2.24) is 14.9 Å². The predicted octanol–water partition coefficient (Wildman–Crippen LogP) is 3.30. The van der Waals surface area contributed by atoms with Crippen molar-refractivity contribution in [3.8, 4) is 17.1 Å². The molecule has 0 unspecified atom stereocenters. The Balaban J connectivity index is 0.00000289. The van der Waals surface area contributed by atoms with Gasteiger partial charge in [0.1, 0.15) is 17.7 Å². The van der Waals surface area contributed by atoms with E-state index in [2.05, 4.69) is 9.88 Å². The SMILES string of the molecule is CC(C)C[C@@H](O)C(=O)N1CCN(c2nc(-c3ccccc3O)nc3ccccc23)CC1.[HH]. The number of nitrogens with zero attached hydrogens (tertiary/aromatic N) is 4. The molecule has 4 rings (SSSR count). The second kappa shape index (κ2) is 8.89. The molecule has 7 heteroatoms. The molecule has 2 N–H and O–H groups in total. The zero-order chi connectivity index (χ0) is 22.0. The third-order valence-corrected chi connectivity index (χ3v) is 5.60. The standard InChI is InChI=1S/C24H28N4O3.H2/c1-16(2)15-21(30)24(31)28-13-11-27(12-14-28)23-17-7-3-5-9-19(17)25-22(26-23)18-8-4-6-10-20(18)29;/h3-10,16,21,29-30H,11-15H2,1-2H3;1H/t21-;/m1./s1. The second-order valence-corrected chi connectivity index (χ2v) is 8.36. The van der Waals surface area contributed by atoms with Gasteiger partial charge >= 0.3 is 0 Å². The van der Waals surface area contributed by atoms with Gasteiger partial charge in [-0.1, -0.05) is 38.1 Å². The lowest BCUT2D eigenvalue weighted by atomic mass is 10.0. The third-order valence-electron chi connectivity index (χ3n) is 5.60. The zero-order valence-electron chi connectivity index (χ0n) is 17.9. The fourth-order valence-electron chi connectivity index (χ4n) is 3.98. The monoisotopic (exact) mass is 422 g/mol. The van der Waals surface area contributed by atoms with Crippen LogP contribution in [-0.2, 0) is 4.79 Å². The molecule has 0 spiro atoms. The number of aromatic hydroxyl groups is 1. The largest absolute Gasteiger partial charge is 0.507 e. The maximum Gasteiger partial charge on any atom is 0.251 e. The van der Waals surface area contributed by atoms with E-state index in [9.17, 15) is 15.0 Å². The highest BCUT2D eigenvalue weighted by Crippen LogP contribution is 2.31. The number of hydrogen-bond donors (Lipinski definition) is 2. The van der Waals surface area contributed by atoms with Crippen LogP contribution in [0.25, 0.3) is 22.3 Å². The smallest absolute Gasteiger partial charge is 0.251 e. The number of hydrogen-bond acceptors (Lipinski definition) is 6. The molecule has 1 atom stereocenters. The quantitative estimate of drug-likeness (QED) is 0.656. The summed E-state index contributed by atoms with van der Waals surface area (Å²) in [6.45, 7) is 6.27. The van der Waals surface area contributed by atoms with Crippen LogP contribution < -0.4 is 4.90 Å². The van der Waals surface area contributed by atoms with E-state index in [4.69, 9.17) is 4.98 Å². The molecule has 1 saturated heterocycles. The Morgan fingerprint density at radius 1 is 1.03 bits per heavy atom. The summed E-state index contributed by atoms with van der Waals surface area (Å²) < 4.78 is 0. The molecule has 2 heterocycles. The van der Waals surface area contributed by atoms with Crippen molar-refractivity contribution in [3.63, 3.8) is 0 Å². The summed E-state index contributed by atoms with van der Waals surface area (Å²) >= 11 is 0. The third kappa shape index (κ3) is 4.46. The number of phenolic OH excluding ortho intramolecular Hbond substituents is 1. The van der Waals surface area contributed by atoms with Gasteiger partial charge in [-0.25, -0.2) is 9.97 Å². The van der Waals surface area contributed by atoms with Crippen LogP contribution in [0.15, 0.2) is 48.5 Å². The van der Waals surface area contributed by atoms with E-state index >= 15 is 0 Å². The highest BCUT2D eigenvalue weighted by Gasteiger charge is 2.28. The Kier molecular flexibility index (Phi) is 6.04. The molecule has 0 aliphatic carbocycles. The fourth-order valence-corrected chi connectivity index (χ4v) is 3.98. The number of phenols is 1. The average Bonchev–Trinajstić information content (AvgIpc) is 2.78. The first-order chi connectivity index (χ1) is 14.9. The molecule has 1 aliphatic rings. The van der Waals surface area contributed by atoms with E-state index < -0.39 is 6.10 Å². The lowest BCUT2D eigenvalue weighted by molar-refractivity contribution is -0.141. The number of carbonyl (C=O) groups is 1. The van der Waals surface area contributed by atoms with Crippen molar-refractivity contribution in [3.05, 3.63) is 48.5 Å². The number of anilines is 1. The minimum Gasteiger partial charge on any atom is -0.507 e. The lowest BCUT2D eigenvalue weighted by Gasteiger charge is -2.37. The van der Waals surface area contributed by atoms with Gasteiger partial charge in [-0.15, -0.1) is 0 Å². The number of para-hydroxylation sites is 2. The Morgan fingerprint density at radius 3 is 2.42 bits per heavy atom. The van der Waals surface area contributed by atoms with Crippen LogP contribution in [0, 0.1) is 5.92 Å². The first-order valence-corrected chi connectivity index (χ1v) is 10.7. The predicted molar refractivity (Wildman–Crippen MR) is 123 cm³/mol. The summed E-state index contributed by atoms with van der Waals surface area (Å²) in [5.74, 6) is 1.46. The van der Waals surface area contributed by atoms with Crippen LogP contribution >= 0.6 is 0 Å². The Labute approximate surface area is 183 Å². The fraction of sp³-hybridized carbons (Fsp3) is 0.375. The molecule has 0 radical (unpaired) electrons. The molecule has 1 aromatic heterocycles. The molecule has 31 heavy (non-hydrogen) atoms. The van der Waals surface area contributed by atoms with Crippen LogP contribution in [0.1, 0.15) is 21.7 Å². The van der Waals surface area contributed by atoms with E-state index in [1.54, 1.807) is 23.1 Å². The van der Waals surface area contributed by atoms with Crippen LogP contribution in [0.4, 0.5) is 5.82 Å². The Bertz CT molecular complexity index is 1080. The summed E-state index contributed by atoms with van der Waals surface area (Å²) in [6, 6.07) is 14.9. The number of piperazine rings is 1. The average molecular weight is 423 g/mol. The Morgan fingerprint density at radius 2 is 1.71 bits per heavy atom. The van der Waals surface area contributed by atoms with Crippen LogP contribution in [0.3, 0.4) is 0 Å². The van der Waals surface area contributed by atoms with Gasteiger partial charge < -0.3 is 20.0 Å². The number of aliphatic hydroxyl groups is 1. The maximum atomic E-state index is 12.6. The number of fused-ring (bicyclic) bond motifs is 1. The first-order valence-electron chi connectivity index (χ1n) is 10.7. The summed E-state index contributed by atoms with van der Waals surface area (Å²) in [6.07, 6.45) is -0.474. The van der Waals surface area contributed by atoms with Crippen molar-refractivity contribution < 1.29 is 16.4 Å². The van der Waals surface area contributed by atoms with Gasteiger partial charge in [0.15, 0.2) is 5.82 Å². The topological polar surface area (TPSA) is 89.8 Å². The Hall–Kier alpha value is -3.19. The molecule has 0 bridgehead atoms. The number of carbonyl (C=O) groups excluding carboxylic acids is 1. The second-order valence-electron chi connectivity index (χ2n) is 8.36. The van der Waals surface area contributed by atoms with Gasteiger partial charge in [0.25, 0.3) is 5.91 Å². The van der Waals surface area contributed by atoms with E-state index in [0.717, 1.165) is 16.7 Å². The van der Waals surface area contributed by atoms with Gasteiger partial charge in [0.05, 0.1) is 11.1 Å². The molecule has 0 saturated carbocycles. The molecule has 164 valence electrons. The molecule has 1 fully saturated rings. The van der Waals surface area contributed by atoms with Crippen molar-refractivity contribution in [2.45, 2.75) is 26.4 Å². The maximum absolute atomic E-state index is 12.6. The van der Waals surface area contributed by atoms with Gasteiger partial charge in [0.2, 0.25) is 0 Å². The normalized spacial score (nSPS) is 15.5. The van der Waals surface area contributed by atoms with Crippen LogP contribution in [0.2, 0.25) is 0 Å². The lowest BCUT2D eigenvalue weighted by Crippen LogP contribution is -2.52. The molecule has 2 aromatic carbocycles. The van der Waals surface area contributed by atoms with E-state index in [1.807, 2.05) is 44.2 Å². The van der Waals surface area contributed by atoms with Crippen LogP contribution in [0.5, 0.6) is 5.75 Å². The van der Waals surface area contributed by atoms with Crippen molar-refractivity contribution >= 4 is 22.6 Å². The molecule has 7 nitrogen and oxygen atoms in total. The minimum absolute atomic E-state index is 0. The zero-order valence-corrected chi connectivity index (χ0v) is 17.9. The summed E-state index contributed by atoms with van der Waals surface area (Å²) in [4.78, 5) is 25.9. The molecule has 3 aromatic rings. The van der Waals surface area contributed by atoms with Gasteiger partial charge in [-0.05, 0) is 36.6 Å². The first kappa shape index (κ1) is 21.1. The van der Waals surface area contributed by atoms with Crippen molar-refractivity contribution in [1.29, 1.82) is 0 Å². The van der Waals surface area contributed by atoms with Gasteiger partial charge in [-0.3, -0.25) is 4.79 Å². The summed E-state index contributed by atoms with van der Waals surface area (Å²) in [7, 11) is 0. The molecule has 1 aliphatic heterocycles. The van der Waals surface area contributed by atoms with E-state index in [1.165, 1.54) is 0 Å². The highest BCUT2D eigenvalue weighted by atomic mass is 16.3. The number of amides is 1. The number of benzene rings is 2. The van der Waals surface area contributed by atoms with Crippen LogP contribution in [-0.4, -0.2) is 63.3 Å². The molecular weight excluding hydrogens is 392 g/mol. The summed E-state index contributed by atoms with van der Waals surface area (Å²) in [5, 5.41) is 21.4. The summed E-state index contributed by atoms with van der Waals surface area (Å²) in [5.41, 5.74) is 1.39. The number of aliphatic hydroxyl groups excluding tert-OH is 1. The molecular formula is C24H30N4O3. The van der Waals surface area contributed by atoms with Crippen molar-refractivity contribution in [2.24, 2.45) is 5.92 Å². The minimum atomic E-state index is -0.945. The number of rotatable bonds is 5. The number of aromatic nitrogens is 2. The van der Waals surface area contributed by atoms with Gasteiger partial charge in [-0.2, -0.15) is 0 Å². The van der Waals surface area contributed by atoms with Gasteiger partial charge in [0, 0.05) is 33.0 Å². The highest BCUT2D eigenvalue weighted by molar-refractivity contribution is 5.91.